The summed E-state index contributed by atoms with van der Waals surface area (Å²) in [5, 5.41) is 16.0. The third kappa shape index (κ3) is 9.91. The van der Waals surface area contributed by atoms with E-state index in [0.29, 0.717) is 35.0 Å². The molecule has 1 aliphatic heterocycles. The second-order valence-electron chi connectivity index (χ2n) is 12.2. The molecular weight excluding hydrogens is 614 g/mol. The van der Waals surface area contributed by atoms with Crippen molar-refractivity contribution in [2.24, 2.45) is 5.92 Å². The van der Waals surface area contributed by atoms with Crippen molar-refractivity contribution in [2.75, 3.05) is 51.1 Å². The number of carbonyl (C=O) groups is 3. The molecule has 0 aliphatic carbocycles. The Morgan fingerprint density at radius 3 is 2.46 bits per heavy atom. The molecule has 12 heteroatoms. The molecule has 0 saturated heterocycles. The average molecular weight is 662 g/mol. The molecule has 4 atom stereocenters. The maximum absolute atomic E-state index is 14.3. The maximum atomic E-state index is 14.3. The van der Waals surface area contributed by atoms with Gasteiger partial charge in [0.05, 0.1) is 37.5 Å². The molecule has 0 fully saturated rings. The van der Waals surface area contributed by atoms with Crippen LogP contribution in [-0.4, -0.2) is 96.4 Å². The Bertz CT molecular complexity index is 1500. The number of methoxy groups -OCH3 is 1. The number of hydrogen-bond acceptors (Lipinski definition) is 8. The van der Waals surface area contributed by atoms with Crippen molar-refractivity contribution in [3.05, 3.63) is 78.1 Å². The number of nitrogens with zero attached hydrogens (tertiary/aromatic N) is 3. The third-order valence-corrected chi connectivity index (χ3v) is 8.39. The zero-order chi connectivity index (χ0) is 34.6. The molecule has 0 radical (unpaired) electrons. The highest BCUT2D eigenvalue weighted by atomic mass is 16.5. The van der Waals surface area contributed by atoms with E-state index in [2.05, 4.69) is 15.6 Å². The van der Waals surface area contributed by atoms with Crippen LogP contribution < -0.4 is 20.1 Å². The first-order valence-corrected chi connectivity index (χ1v) is 16.3. The Morgan fingerprint density at radius 2 is 1.77 bits per heavy atom. The van der Waals surface area contributed by atoms with E-state index in [4.69, 9.17) is 14.2 Å². The lowest BCUT2D eigenvalue weighted by molar-refractivity contribution is -0.0115. The minimum atomic E-state index is -0.537. The number of urea groups is 1. The molecule has 3 N–H and O–H groups in total. The summed E-state index contributed by atoms with van der Waals surface area (Å²) in [6.07, 6.45) is 4.85. The van der Waals surface area contributed by atoms with Gasteiger partial charge >= 0.3 is 6.03 Å². The van der Waals surface area contributed by atoms with Crippen molar-refractivity contribution >= 4 is 29.2 Å². The standard InChI is InChI=1S/C36H47N5O7/c1-24-21-41(25(2)23-42)35(44)31-20-29(38-34(43)27-15-17-37-18-16-27)11-14-32(31)48-26(3)8-6-7-19-47-33(24)22-40(4)36(45)39-28-9-12-30(46-5)13-10-28/h9-18,20,24-26,33,42H,6-8,19,21-23H2,1-5H3,(H,38,43)(H,39,45)/t24-,25-,26+,33+/m0/s1. The molecule has 4 rings (SSSR count). The minimum absolute atomic E-state index is 0.192. The molecule has 0 saturated carbocycles. The normalized spacial score (nSPS) is 19.6. The van der Waals surface area contributed by atoms with Gasteiger partial charge < -0.3 is 39.8 Å². The lowest BCUT2D eigenvalue weighted by atomic mass is 10.0. The summed E-state index contributed by atoms with van der Waals surface area (Å²) < 4.78 is 17.9. The molecule has 4 amide bonds. The smallest absolute Gasteiger partial charge is 0.321 e. The van der Waals surface area contributed by atoms with Crippen molar-refractivity contribution in [1.82, 2.24) is 14.8 Å². The highest BCUT2D eigenvalue weighted by molar-refractivity contribution is 6.05. The number of fused-ring (bicyclic) bond motifs is 1. The van der Waals surface area contributed by atoms with Crippen LogP contribution in [0.1, 0.15) is 60.7 Å². The van der Waals surface area contributed by atoms with Crippen LogP contribution in [0.5, 0.6) is 11.5 Å². The van der Waals surface area contributed by atoms with Crippen LogP contribution in [0.2, 0.25) is 0 Å². The highest BCUT2D eigenvalue weighted by Crippen LogP contribution is 2.29. The summed E-state index contributed by atoms with van der Waals surface area (Å²) in [6.45, 7) is 6.43. The number of amides is 4. The molecular formula is C36H47N5O7. The minimum Gasteiger partial charge on any atom is -0.497 e. The first-order chi connectivity index (χ1) is 23.1. The van der Waals surface area contributed by atoms with Gasteiger partial charge in [-0.05, 0) is 87.7 Å². The fraction of sp³-hybridized carbons (Fsp3) is 0.444. The Balaban J connectivity index is 1.58. The number of aliphatic hydroxyl groups excluding tert-OH is 1. The van der Waals surface area contributed by atoms with Crippen molar-refractivity contribution < 1.29 is 33.7 Å². The largest absolute Gasteiger partial charge is 0.497 e. The zero-order valence-corrected chi connectivity index (χ0v) is 28.3. The number of likely N-dealkylation sites (N-methyl/N-ethyl adjacent to an activating group) is 1. The van der Waals surface area contributed by atoms with Gasteiger partial charge in [-0.2, -0.15) is 0 Å². The lowest BCUT2D eigenvalue weighted by Crippen LogP contribution is -2.48. The Kier molecular flexibility index (Phi) is 13.2. The molecule has 2 aromatic carbocycles. The number of nitrogens with one attached hydrogen (secondary N) is 2. The van der Waals surface area contributed by atoms with Gasteiger partial charge in [0.1, 0.15) is 11.5 Å². The molecule has 258 valence electrons. The van der Waals surface area contributed by atoms with Gasteiger partial charge in [0, 0.05) is 62.0 Å². The molecule has 0 unspecified atom stereocenters. The third-order valence-electron chi connectivity index (χ3n) is 8.39. The number of rotatable bonds is 8. The van der Waals surface area contributed by atoms with Gasteiger partial charge in [-0.25, -0.2) is 4.79 Å². The van der Waals surface area contributed by atoms with Crippen molar-refractivity contribution in [2.45, 2.75) is 58.3 Å². The first kappa shape index (κ1) is 36.2. The maximum Gasteiger partial charge on any atom is 0.321 e. The van der Waals surface area contributed by atoms with E-state index < -0.39 is 12.1 Å². The lowest BCUT2D eigenvalue weighted by Gasteiger charge is -2.35. The van der Waals surface area contributed by atoms with Gasteiger partial charge in [-0.15, -0.1) is 0 Å². The molecule has 1 aromatic heterocycles. The van der Waals surface area contributed by atoms with E-state index >= 15 is 0 Å². The van der Waals surface area contributed by atoms with Gasteiger partial charge in [-0.3, -0.25) is 14.6 Å². The van der Waals surface area contributed by atoms with Crippen LogP contribution in [0.3, 0.4) is 0 Å². The molecule has 12 nitrogen and oxygen atoms in total. The summed E-state index contributed by atoms with van der Waals surface area (Å²) in [4.78, 5) is 47.5. The molecule has 0 spiro atoms. The van der Waals surface area contributed by atoms with E-state index in [-0.39, 0.29) is 55.1 Å². The number of pyridine rings is 1. The zero-order valence-electron chi connectivity index (χ0n) is 28.3. The quantitative estimate of drug-likeness (QED) is 0.295. The topological polar surface area (TPSA) is 143 Å². The predicted molar refractivity (Wildman–Crippen MR) is 184 cm³/mol. The van der Waals surface area contributed by atoms with Crippen LogP contribution >= 0.6 is 0 Å². The van der Waals surface area contributed by atoms with E-state index in [9.17, 15) is 19.5 Å². The fourth-order valence-corrected chi connectivity index (χ4v) is 5.42. The Morgan fingerprint density at radius 1 is 1.06 bits per heavy atom. The summed E-state index contributed by atoms with van der Waals surface area (Å²) >= 11 is 0. The van der Waals surface area contributed by atoms with E-state index in [0.717, 1.165) is 19.3 Å². The molecule has 48 heavy (non-hydrogen) atoms. The van der Waals surface area contributed by atoms with Gasteiger partial charge in [0.2, 0.25) is 0 Å². The predicted octanol–water partition coefficient (Wildman–Crippen LogP) is 5.30. The van der Waals surface area contributed by atoms with E-state index in [1.807, 2.05) is 13.8 Å². The number of anilines is 2. The number of aliphatic hydroxyl groups is 1. The molecule has 1 aliphatic rings. The highest BCUT2D eigenvalue weighted by Gasteiger charge is 2.31. The number of aromatic nitrogens is 1. The van der Waals surface area contributed by atoms with Gasteiger partial charge in [0.25, 0.3) is 11.8 Å². The fourth-order valence-electron chi connectivity index (χ4n) is 5.42. The van der Waals surface area contributed by atoms with Crippen LogP contribution in [0.25, 0.3) is 0 Å². The SMILES string of the molecule is COc1ccc(NC(=O)N(C)C[C@H]2OCCCC[C@@H](C)Oc3ccc(NC(=O)c4ccncc4)cc3C(=O)N([C@@H](C)CO)C[C@@H]2C)cc1. The van der Waals surface area contributed by atoms with Crippen LogP contribution in [0, 0.1) is 5.92 Å². The summed E-state index contributed by atoms with van der Waals surface area (Å²) in [6, 6.07) is 14.5. The first-order valence-electron chi connectivity index (χ1n) is 16.3. The van der Waals surface area contributed by atoms with Crippen LogP contribution in [0.4, 0.5) is 16.2 Å². The van der Waals surface area contributed by atoms with Crippen LogP contribution in [0.15, 0.2) is 67.0 Å². The second kappa shape index (κ2) is 17.5. The monoisotopic (exact) mass is 661 g/mol. The summed E-state index contributed by atoms with van der Waals surface area (Å²) in [5.74, 6) is 0.173. The molecule has 3 aromatic rings. The average Bonchev–Trinajstić information content (AvgIpc) is 3.10. The number of benzene rings is 2. The summed E-state index contributed by atoms with van der Waals surface area (Å²) in [7, 11) is 3.29. The van der Waals surface area contributed by atoms with Crippen molar-refractivity contribution in [3.63, 3.8) is 0 Å². The van der Waals surface area contributed by atoms with E-state index in [1.165, 1.54) is 12.4 Å². The van der Waals surface area contributed by atoms with Crippen molar-refractivity contribution in [1.29, 1.82) is 0 Å². The Hall–Kier alpha value is -4.68. The van der Waals surface area contributed by atoms with Crippen LogP contribution in [-0.2, 0) is 4.74 Å². The number of ether oxygens (including phenoxy) is 3. The number of hydrogen-bond donors (Lipinski definition) is 3. The number of carbonyl (C=O) groups excluding carboxylic acids is 3. The second-order valence-corrected chi connectivity index (χ2v) is 12.2. The molecule has 2 heterocycles. The van der Waals surface area contributed by atoms with Gasteiger partial charge in [0.15, 0.2) is 0 Å². The van der Waals surface area contributed by atoms with E-state index in [1.54, 1.807) is 85.5 Å². The molecule has 0 bridgehead atoms. The van der Waals surface area contributed by atoms with Crippen molar-refractivity contribution in [3.8, 4) is 11.5 Å². The Labute approximate surface area is 282 Å². The summed E-state index contributed by atoms with van der Waals surface area (Å²) in [5.41, 5.74) is 1.76. The van der Waals surface area contributed by atoms with Gasteiger partial charge in [-0.1, -0.05) is 6.92 Å².